The van der Waals surface area contributed by atoms with Gasteiger partial charge in [-0.15, -0.1) is 0 Å². The Bertz CT molecular complexity index is 818. The summed E-state index contributed by atoms with van der Waals surface area (Å²) in [6, 6.07) is 4.75. The van der Waals surface area contributed by atoms with Crippen LogP contribution in [0.15, 0.2) is 24.3 Å². The van der Waals surface area contributed by atoms with Gasteiger partial charge >= 0.3 is 6.18 Å². The van der Waals surface area contributed by atoms with Gasteiger partial charge in [-0.2, -0.15) is 13.2 Å². The van der Waals surface area contributed by atoms with E-state index in [-0.39, 0.29) is 36.6 Å². The second kappa shape index (κ2) is 9.96. The summed E-state index contributed by atoms with van der Waals surface area (Å²) in [4.78, 5) is 28.1. The number of hydrogen-bond acceptors (Lipinski definition) is 4. The Balaban J connectivity index is 1.38. The van der Waals surface area contributed by atoms with Crippen molar-refractivity contribution < 1.29 is 27.5 Å². The quantitative estimate of drug-likeness (QED) is 0.746. The van der Waals surface area contributed by atoms with Crippen LogP contribution >= 0.6 is 0 Å². The molecule has 2 saturated heterocycles. The summed E-state index contributed by atoms with van der Waals surface area (Å²) in [5, 5.41) is 2.65. The zero-order valence-electron chi connectivity index (χ0n) is 16.5. The number of rotatable bonds is 4. The Morgan fingerprint density at radius 2 is 1.97 bits per heavy atom. The van der Waals surface area contributed by atoms with E-state index in [0.29, 0.717) is 32.8 Å². The largest absolute Gasteiger partial charge is 0.416 e. The van der Waals surface area contributed by atoms with E-state index in [9.17, 15) is 22.8 Å². The number of ether oxygens (including phenoxy) is 1. The smallest absolute Gasteiger partial charge is 0.368 e. The minimum absolute atomic E-state index is 0.0291. The van der Waals surface area contributed by atoms with E-state index < -0.39 is 11.7 Å². The highest BCUT2D eigenvalue weighted by molar-refractivity contribution is 5.81. The molecule has 1 N–H and O–H groups in total. The number of benzene rings is 1. The summed E-state index contributed by atoms with van der Waals surface area (Å²) in [5.74, 6) is 5.11. The maximum absolute atomic E-state index is 12.7. The third-order valence-electron chi connectivity index (χ3n) is 5.05. The maximum atomic E-state index is 12.7. The Kier molecular flexibility index (Phi) is 7.34. The highest BCUT2D eigenvalue weighted by atomic mass is 19.4. The minimum atomic E-state index is -4.41. The molecule has 0 bridgehead atoms. The average Bonchev–Trinajstić information content (AvgIpc) is 3.26. The average molecular weight is 423 g/mol. The van der Waals surface area contributed by atoms with E-state index in [1.54, 1.807) is 4.90 Å². The highest BCUT2D eigenvalue weighted by Crippen LogP contribution is 2.29. The van der Waals surface area contributed by atoms with Gasteiger partial charge in [0.15, 0.2) is 0 Å². The standard InChI is InChI=1S/C21H24F3N3O3/c22-21(23,24)17-6-1-4-16(14-17)5-2-8-25-19(28)15-26-9-11-27(12-10-26)20(29)18-7-3-13-30-18/h1,4,6,14,18H,3,7-13,15H2,(H,25,28). The SMILES string of the molecule is O=C(CN1CCN(C(=O)C2CCCO2)CC1)NCC#Cc1cccc(C(F)(F)F)c1. The number of amides is 2. The van der Waals surface area contributed by atoms with E-state index >= 15 is 0 Å². The zero-order chi connectivity index (χ0) is 21.6. The van der Waals surface area contributed by atoms with Crippen LogP contribution in [0.3, 0.4) is 0 Å². The first-order chi connectivity index (χ1) is 14.3. The van der Waals surface area contributed by atoms with Crippen molar-refractivity contribution in [3.05, 3.63) is 35.4 Å². The van der Waals surface area contributed by atoms with Gasteiger partial charge in [0.2, 0.25) is 5.91 Å². The van der Waals surface area contributed by atoms with E-state index in [1.807, 2.05) is 4.90 Å². The summed E-state index contributed by atoms with van der Waals surface area (Å²) < 4.78 is 43.5. The molecule has 2 aliphatic rings. The van der Waals surface area contributed by atoms with E-state index in [4.69, 9.17) is 4.74 Å². The van der Waals surface area contributed by atoms with E-state index in [2.05, 4.69) is 17.2 Å². The Hall–Kier alpha value is -2.57. The molecule has 2 aliphatic heterocycles. The molecule has 1 unspecified atom stereocenters. The topological polar surface area (TPSA) is 61.9 Å². The van der Waals surface area contributed by atoms with Gasteiger partial charge in [-0.05, 0) is 31.0 Å². The van der Waals surface area contributed by atoms with Crippen LogP contribution in [0.5, 0.6) is 0 Å². The summed E-state index contributed by atoms with van der Waals surface area (Å²) in [5.41, 5.74) is -0.512. The van der Waals surface area contributed by atoms with Gasteiger partial charge in [-0.1, -0.05) is 17.9 Å². The molecule has 0 aromatic heterocycles. The van der Waals surface area contributed by atoms with Crippen molar-refractivity contribution in [3.63, 3.8) is 0 Å². The predicted octanol–water partition coefficient (Wildman–Crippen LogP) is 1.50. The van der Waals surface area contributed by atoms with Gasteiger partial charge in [0.05, 0.1) is 18.7 Å². The molecule has 0 aliphatic carbocycles. The molecule has 3 rings (SSSR count). The molecular weight excluding hydrogens is 399 g/mol. The van der Waals surface area contributed by atoms with Crippen molar-refractivity contribution in [2.45, 2.75) is 25.1 Å². The molecule has 0 spiro atoms. The number of piperazine rings is 1. The molecule has 1 atom stereocenters. The van der Waals surface area contributed by atoms with E-state index in [1.165, 1.54) is 12.1 Å². The predicted molar refractivity (Wildman–Crippen MR) is 103 cm³/mol. The molecule has 2 fully saturated rings. The monoisotopic (exact) mass is 423 g/mol. The van der Waals surface area contributed by atoms with Gasteiger partial charge in [-0.25, -0.2) is 0 Å². The van der Waals surface area contributed by atoms with Gasteiger partial charge in [0, 0.05) is 38.3 Å². The van der Waals surface area contributed by atoms with Crippen molar-refractivity contribution in [1.82, 2.24) is 15.1 Å². The normalized spacial score (nSPS) is 19.8. The summed E-state index contributed by atoms with van der Waals surface area (Å²) in [6.45, 7) is 3.18. The van der Waals surface area contributed by atoms with Crippen LogP contribution in [-0.2, 0) is 20.5 Å². The van der Waals surface area contributed by atoms with Crippen LogP contribution in [0.1, 0.15) is 24.0 Å². The van der Waals surface area contributed by atoms with Crippen LogP contribution in [0.4, 0.5) is 13.2 Å². The lowest BCUT2D eigenvalue weighted by Crippen LogP contribution is -2.53. The molecule has 0 saturated carbocycles. The van der Waals surface area contributed by atoms with Crippen LogP contribution in [-0.4, -0.2) is 73.6 Å². The summed E-state index contributed by atoms with van der Waals surface area (Å²) in [7, 11) is 0. The summed E-state index contributed by atoms with van der Waals surface area (Å²) >= 11 is 0. The second-order valence-electron chi connectivity index (χ2n) is 7.26. The lowest BCUT2D eigenvalue weighted by atomic mass is 10.1. The number of carbonyl (C=O) groups is 2. The Morgan fingerprint density at radius 1 is 1.20 bits per heavy atom. The van der Waals surface area contributed by atoms with Crippen molar-refractivity contribution >= 4 is 11.8 Å². The fourth-order valence-corrected chi connectivity index (χ4v) is 3.42. The molecule has 2 heterocycles. The number of nitrogens with zero attached hydrogens (tertiary/aromatic N) is 2. The lowest BCUT2D eigenvalue weighted by molar-refractivity contribution is -0.142. The van der Waals surface area contributed by atoms with Crippen molar-refractivity contribution in [1.29, 1.82) is 0 Å². The van der Waals surface area contributed by atoms with Crippen LogP contribution < -0.4 is 5.32 Å². The number of hydrogen-bond donors (Lipinski definition) is 1. The fraction of sp³-hybridized carbons (Fsp3) is 0.524. The molecule has 0 radical (unpaired) electrons. The van der Waals surface area contributed by atoms with E-state index in [0.717, 1.165) is 25.0 Å². The molecule has 162 valence electrons. The van der Waals surface area contributed by atoms with Gasteiger partial charge in [0.1, 0.15) is 6.10 Å². The van der Waals surface area contributed by atoms with Crippen molar-refractivity contribution in [2.75, 3.05) is 45.9 Å². The molecule has 9 heteroatoms. The molecule has 2 amide bonds. The first-order valence-electron chi connectivity index (χ1n) is 9.88. The van der Waals surface area contributed by atoms with Crippen LogP contribution in [0, 0.1) is 11.8 Å². The van der Waals surface area contributed by atoms with Crippen LogP contribution in [0.2, 0.25) is 0 Å². The number of nitrogens with one attached hydrogen (secondary N) is 1. The molecule has 30 heavy (non-hydrogen) atoms. The second-order valence-corrected chi connectivity index (χ2v) is 7.26. The van der Waals surface area contributed by atoms with Gasteiger partial charge in [-0.3, -0.25) is 14.5 Å². The zero-order valence-corrected chi connectivity index (χ0v) is 16.5. The molecule has 1 aromatic rings. The fourth-order valence-electron chi connectivity index (χ4n) is 3.42. The first-order valence-corrected chi connectivity index (χ1v) is 9.88. The van der Waals surface area contributed by atoms with Crippen molar-refractivity contribution in [3.8, 4) is 11.8 Å². The molecule has 6 nitrogen and oxygen atoms in total. The van der Waals surface area contributed by atoms with Crippen molar-refractivity contribution in [2.24, 2.45) is 0 Å². The molecule has 1 aromatic carbocycles. The Labute approximate surface area is 173 Å². The minimum Gasteiger partial charge on any atom is -0.368 e. The molecular formula is C21H24F3N3O3. The number of alkyl halides is 3. The highest BCUT2D eigenvalue weighted by Gasteiger charge is 2.31. The lowest BCUT2D eigenvalue weighted by Gasteiger charge is -2.35. The first kappa shape index (κ1) is 22.1. The number of halogens is 3. The van der Waals surface area contributed by atoms with Crippen LogP contribution in [0.25, 0.3) is 0 Å². The van der Waals surface area contributed by atoms with Gasteiger partial charge < -0.3 is 15.0 Å². The van der Waals surface area contributed by atoms with Gasteiger partial charge in [0.25, 0.3) is 5.91 Å². The number of carbonyl (C=O) groups excluding carboxylic acids is 2. The maximum Gasteiger partial charge on any atom is 0.416 e. The Morgan fingerprint density at radius 3 is 2.63 bits per heavy atom. The third kappa shape index (κ3) is 6.21. The third-order valence-corrected chi connectivity index (χ3v) is 5.05. The summed E-state index contributed by atoms with van der Waals surface area (Å²) in [6.07, 6.45) is -3.06.